The minimum atomic E-state index is 0.434. The highest BCUT2D eigenvalue weighted by molar-refractivity contribution is 5.86. The molecule has 1 saturated carbocycles. The maximum absolute atomic E-state index is 5.68. The smallest absolute Gasteiger partial charge is 0.232 e. The molecule has 0 aliphatic heterocycles. The van der Waals surface area contributed by atoms with E-state index in [1.54, 1.807) is 23.2 Å². The summed E-state index contributed by atoms with van der Waals surface area (Å²) in [4.78, 5) is 8.55. The molecule has 5 aromatic rings. The van der Waals surface area contributed by atoms with Crippen molar-refractivity contribution in [3.63, 3.8) is 0 Å². The Morgan fingerprint density at radius 2 is 2.07 bits per heavy atom. The summed E-state index contributed by atoms with van der Waals surface area (Å²) in [6.45, 7) is 2.01. The van der Waals surface area contributed by atoms with Gasteiger partial charge in [-0.2, -0.15) is 10.1 Å². The largest absolute Gasteiger partial charge is 0.355 e. The van der Waals surface area contributed by atoms with Gasteiger partial charge in [0.25, 0.3) is 0 Å². The number of aromatic nitrogens is 6. The molecule has 0 bridgehead atoms. The molecule has 0 saturated heterocycles. The molecular weight excluding hydrogens is 380 g/mol. The van der Waals surface area contributed by atoms with Crippen LogP contribution in [0.3, 0.4) is 0 Å². The Kier molecular flexibility index (Phi) is 3.68. The topological polar surface area (TPSA) is 95.1 Å². The minimum Gasteiger partial charge on any atom is -0.355 e. The first kappa shape index (κ1) is 16.9. The average Bonchev–Trinajstić information content (AvgIpc) is 3.18. The fourth-order valence-electron chi connectivity index (χ4n) is 3.50. The van der Waals surface area contributed by atoms with Crippen molar-refractivity contribution < 1.29 is 9.05 Å². The van der Waals surface area contributed by atoms with Crippen molar-refractivity contribution in [2.45, 2.75) is 32.1 Å². The summed E-state index contributed by atoms with van der Waals surface area (Å²) in [5.41, 5.74) is 4.99. The number of hydrogen-bond donors (Lipinski definition) is 0. The summed E-state index contributed by atoms with van der Waals surface area (Å²) in [5, 5.41) is 13.5. The molecule has 8 heteroatoms. The van der Waals surface area contributed by atoms with Gasteiger partial charge < -0.3 is 9.05 Å². The lowest BCUT2D eigenvalue weighted by molar-refractivity contribution is 0.375. The van der Waals surface area contributed by atoms with Crippen LogP contribution < -0.4 is 0 Å². The molecule has 1 fully saturated rings. The molecule has 0 unspecified atom stereocenters. The first-order valence-corrected chi connectivity index (χ1v) is 9.76. The van der Waals surface area contributed by atoms with E-state index in [4.69, 9.17) is 9.05 Å². The van der Waals surface area contributed by atoms with Gasteiger partial charge in [0.1, 0.15) is 12.0 Å². The lowest BCUT2D eigenvalue weighted by Crippen LogP contribution is -1.91. The molecule has 0 atom stereocenters. The van der Waals surface area contributed by atoms with Crippen molar-refractivity contribution in [3.05, 3.63) is 71.0 Å². The lowest BCUT2D eigenvalue weighted by Gasteiger charge is -1.98. The number of hydrogen-bond acceptors (Lipinski definition) is 7. The predicted octanol–water partition coefficient (Wildman–Crippen LogP) is 3.43. The molecule has 0 amide bonds. The number of aryl methyl sites for hydroxylation is 1. The van der Waals surface area contributed by atoms with Crippen LogP contribution in [0.1, 0.15) is 52.9 Å². The zero-order valence-electron chi connectivity index (χ0n) is 16.2. The van der Waals surface area contributed by atoms with Gasteiger partial charge in [0.15, 0.2) is 11.4 Å². The van der Waals surface area contributed by atoms with E-state index in [0.717, 1.165) is 52.0 Å². The minimum absolute atomic E-state index is 0.434. The molecule has 1 aliphatic carbocycles. The van der Waals surface area contributed by atoms with Gasteiger partial charge in [-0.05, 0) is 37.5 Å². The fraction of sp³-hybridized carbons (Fsp3) is 0.227. The second-order valence-electron chi connectivity index (χ2n) is 7.48. The SMILES string of the molecule is Cc1ccc2c(Cc3nc(C4CC4)no3)noc2c1C#Cc1cnn2cnccc12. The van der Waals surface area contributed by atoms with Crippen LogP contribution in [-0.2, 0) is 6.42 Å². The Balaban J connectivity index is 1.37. The third-order valence-electron chi connectivity index (χ3n) is 5.32. The van der Waals surface area contributed by atoms with Gasteiger partial charge in [-0.1, -0.05) is 28.2 Å². The van der Waals surface area contributed by atoms with Crippen molar-refractivity contribution in [2.24, 2.45) is 0 Å². The van der Waals surface area contributed by atoms with E-state index in [1.165, 1.54) is 0 Å². The van der Waals surface area contributed by atoms with E-state index in [0.29, 0.717) is 23.8 Å². The number of nitrogens with zero attached hydrogens (tertiary/aromatic N) is 6. The predicted molar refractivity (Wildman–Crippen MR) is 107 cm³/mol. The second-order valence-corrected chi connectivity index (χ2v) is 7.48. The van der Waals surface area contributed by atoms with Gasteiger partial charge in [0.2, 0.25) is 5.89 Å². The van der Waals surface area contributed by atoms with E-state index in [1.807, 2.05) is 25.1 Å². The van der Waals surface area contributed by atoms with Crippen molar-refractivity contribution in [2.75, 3.05) is 0 Å². The highest BCUT2D eigenvalue weighted by Crippen LogP contribution is 2.38. The van der Waals surface area contributed by atoms with Crippen LogP contribution in [0.5, 0.6) is 0 Å². The molecule has 0 N–H and O–H groups in total. The first-order chi connectivity index (χ1) is 14.8. The highest BCUT2D eigenvalue weighted by atomic mass is 16.5. The highest BCUT2D eigenvalue weighted by Gasteiger charge is 2.29. The van der Waals surface area contributed by atoms with Crippen LogP contribution in [0.4, 0.5) is 0 Å². The van der Waals surface area contributed by atoms with Crippen molar-refractivity contribution >= 4 is 16.5 Å². The molecule has 1 aliphatic rings. The molecule has 0 spiro atoms. The van der Waals surface area contributed by atoms with E-state index in [2.05, 4.69) is 37.2 Å². The van der Waals surface area contributed by atoms with Gasteiger partial charge in [0, 0.05) is 17.5 Å². The normalized spacial score (nSPS) is 13.6. The van der Waals surface area contributed by atoms with Crippen molar-refractivity contribution in [3.8, 4) is 11.8 Å². The Hall–Kier alpha value is -3.99. The van der Waals surface area contributed by atoms with Crippen LogP contribution in [0.25, 0.3) is 16.5 Å². The average molecular weight is 396 g/mol. The molecular formula is C22H16N6O2. The van der Waals surface area contributed by atoms with E-state index in [-0.39, 0.29) is 0 Å². The third kappa shape index (κ3) is 2.83. The van der Waals surface area contributed by atoms with Crippen molar-refractivity contribution in [1.82, 2.24) is 29.9 Å². The van der Waals surface area contributed by atoms with E-state index >= 15 is 0 Å². The first-order valence-electron chi connectivity index (χ1n) is 9.76. The monoisotopic (exact) mass is 396 g/mol. The Morgan fingerprint density at radius 1 is 1.13 bits per heavy atom. The zero-order valence-corrected chi connectivity index (χ0v) is 16.2. The zero-order chi connectivity index (χ0) is 20.1. The molecule has 1 aromatic carbocycles. The number of fused-ring (bicyclic) bond motifs is 2. The van der Waals surface area contributed by atoms with Crippen LogP contribution in [0, 0.1) is 18.8 Å². The quantitative estimate of drug-likeness (QED) is 0.431. The van der Waals surface area contributed by atoms with Gasteiger partial charge in [0.05, 0.1) is 29.3 Å². The summed E-state index contributed by atoms with van der Waals surface area (Å²) >= 11 is 0. The molecule has 0 radical (unpaired) electrons. The van der Waals surface area contributed by atoms with Crippen LogP contribution in [0.2, 0.25) is 0 Å². The molecule has 30 heavy (non-hydrogen) atoms. The molecule has 4 aromatic heterocycles. The summed E-state index contributed by atoms with van der Waals surface area (Å²) < 4.78 is 12.8. The summed E-state index contributed by atoms with van der Waals surface area (Å²) in [6, 6.07) is 5.91. The van der Waals surface area contributed by atoms with Gasteiger partial charge in [-0.3, -0.25) is 0 Å². The molecule has 4 heterocycles. The van der Waals surface area contributed by atoms with Gasteiger partial charge in [-0.15, -0.1) is 0 Å². The summed E-state index contributed by atoms with van der Waals surface area (Å²) in [6.07, 6.45) is 7.82. The molecule has 8 nitrogen and oxygen atoms in total. The number of benzene rings is 1. The fourth-order valence-corrected chi connectivity index (χ4v) is 3.50. The lowest BCUT2D eigenvalue weighted by atomic mass is 10.0. The van der Waals surface area contributed by atoms with Crippen LogP contribution in [-0.4, -0.2) is 29.9 Å². The van der Waals surface area contributed by atoms with Crippen LogP contribution >= 0.6 is 0 Å². The molecule has 146 valence electrons. The Labute approximate surface area is 170 Å². The Bertz CT molecular complexity index is 1460. The van der Waals surface area contributed by atoms with Crippen LogP contribution in [0.15, 0.2) is 46.0 Å². The Morgan fingerprint density at radius 3 is 2.97 bits per heavy atom. The van der Waals surface area contributed by atoms with E-state index < -0.39 is 0 Å². The van der Waals surface area contributed by atoms with Gasteiger partial charge in [-0.25, -0.2) is 9.50 Å². The standard InChI is InChI=1S/C22H16N6O2/c1-13-2-6-17-18(10-20-25-22(27-29-20)14-3-4-14)26-30-21(17)16(13)7-5-15-11-24-28-12-23-9-8-19(15)28/h2,6,8-9,11-12,14H,3-4,10H2,1H3. The van der Waals surface area contributed by atoms with Gasteiger partial charge >= 0.3 is 0 Å². The maximum atomic E-state index is 5.68. The third-order valence-corrected chi connectivity index (χ3v) is 5.32. The molecule has 6 rings (SSSR count). The van der Waals surface area contributed by atoms with E-state index in [9.17, 15) is 0 Å². The summed E-state index contributed by atoms with van der Waals surface area (Å²) in [5.74, 6) is 8.26. The van der Waals surface area contributed by atoms with Crippen molar-refractivity contribution in [1.29, 1.82) is 0 Å². The number of rotatable bonds is 3. The summed E-state index contributed by atoms with van der Waals surface area (Å²) in [7, 11) is 0. The second kappa shape index (κ2) is 6.52. The maximum Gasteiger partial charge on any atom is 0.232 e.